The fourth-order valence-electron chi connectivity index (χ4n) is 3.52. The molecule has 4 rings (SSSR count). The summed E-state index contributed by atoms with van der Waals surface area (Å²) in [5, 5.41) is 16.2. The lowest BCUT2D eigenvalue weighted by atomic mass is 10.1. The van der Waals surface area contributed by atoms with E-state index in [2.05, 4.69) is 10.5 Å². The molecule has 0 spiro atoms. The van der Waals surface area contributed by atoms with Crippen molar-refractivity contribution in [3.8, 4) is 16.2 Å². The first-order valence-corrected chi connectivity index (χ1v) is 12.1. The lowest BCUT2D eigenvalue weighted by Gasteiger charge is -2.13. The Kier molecular flexibility index (Phi) is 6.76. The summed E-state index contributed by atoms with van der Waals surface area (Å²) in [6, 6.07) is 7.70. The molecule has 1 saturated heterocycles. The highest BCUT2D eigenvalue weighted by atomic mass is 32.1. The quantitative estimate of drug-likeness (QED) is 0.349. The van der Waals surface area contributed by atoms with Crippen molar-refractivity contribution in [2.24, 2.45) is 5.10 Å². The van der Waals surface area contributed by atoms with Gasteiger partial charge in [-0.15, -0.1) is 22.7 Å². The Morgan fingerprint density at radius 2 is 1.71 bits per heavy atom. The second-order valence-electron chi connectivity index (χ2n) is 7.70. The molecule has 6 nitrogen and oxygen atoms in total. The highest BCUT2D eigenvalue weighted by molar-refractivity contribution is 7.16. The Bertz CT molecular complexity index is 1240. The molecule has 0 atom stereocenters. The molecule has 178 valence electrons. The fourth-order valence-corrected chi connectivity index (χ4v) is 5.40. The van der Waals surface area contributed by atoms with E-state index in [1.807, 2.05) is 0 Å². The molecular formula is C23H20F3N3O3S2. The van der Waals surface area contributed by atoms with E-state index >= 15 is 0 Å². The maximum Gasteiger partial charge on any atom is 0.416 e. The molecule has 0 aliphatic carbocycles. The van der Waals surface area contributed by atoms with E-state index in [-0.39, 0.29) is 11.7 Å². The Morgan fingerprint density at radius 1 is 1.06 bits per heavy atom. The zero-order valence-electron chi connectivity index (χ0n) is 18.0. The van der Waals surface area contributed by atoms with E-state index in [4.69, 9.17) is 0 Å². The van der Waals surface area contributed by atoms with Crippen molar-refractivity contribution in [3.63, 3.8) is 0 Å². The van der Waals surface area contributed by atoms with Crippen molar-refractivity contribution in [1.29, 1.82) is 0 Å². The van der Waals surface area contributed by atoms with E-state index < -0.39 is 17.6 Å². The Morgan fingerprint density at radius 3 is 2.35 bits per heavy atom. The van der Waals surface area contributed by atoms with E-state index in [0.29, 0.717) is 31.5 Å². The summed E-state index contributed by atoms with van der Waals surface area (Å²) in [5.41, 5.74) is 2.77. The van der Waals surface area contributed by atoms with Gasteiger partial charge in [-0.25, -0.2) is 5.43 Å². The van der Waals surface area contributed by atoms with Crippen LogP contribution in [-0.4, -0.2) is 40.6 Å². The summed E-state index contributed by atoms with van der Waals surface area (Å²) in [4.78, 5) is 27.9. The van der Waals surface area contributed by atoms with Crippen molar-refractivity contribution in [2.75, 3.05) is 13.1 Å². The topological polar surface area (TPSA) is 82.0 Å². The highest BCUT2D eigenvalue weighted by Gasteiger charge is 2.30. The number of amides is 2. The first-order chi connectivity index (χ1) is 16.1. The Hall–Kier alpha value is -3.18. The smallest absolute Gasteiger partial charge is 0.416 e. The molecule has 1 fully saturated rings. The third-order valence-corrected chi connectivity index (χ3v) is 7.48. The molecule has 1 aliphatic rings. The summed E-state index contributed by atoms with van der Waals surface area (Å²) in [5.74, 6) is -0.697. The number of nitrogens with zero attached hydrogens (tertiary/aromatic N) is 2. The molecule has 2 aromatic heterocycles. The van der Waals surface area contributed by atoms with E-state index in [9.17, 15) is 27.9 Å². The van der Waals surface area contributed by atoms with Crippen LogP contribution in [0.1, 0.15) is 50.2 Å². The summed E-state index contributed by atoms with van der Waals surface area (Å²) in [6.45, 7) is 3.04. The molecule has 34 heavy (non-hydrogen) atoms. The Labute approximate surface area is 201 Å². The average Bonchev–Trinajstić information content (AvgIpc) is 3.57. The number of carbonyl (C=O) groups excluding carboxylic acids is 2. The monoisotopic (exact) mass is 507 g/mol. The predicted molar refractivity (Wildman–Crippen MR) is 126 cm³/mol. The lowest BCUT2D eigenvalue weighted by Crippen LogP contribution is -2.26. The number of hydrogen-bond donors (Lipinski definition) is 2. The van der Waals surface area contributed by atoms with Crippen molar-refractivity contribution >= 4 is 40.2 Å². The van der Waals surface area contributed by atoms with Gasteiger partial charge in [0.1, 0.15) is 5.75 Å². The number of aromatic hydroxyl groups is 1. The van der Waals surface area contributed by atoms with Crippen LogP contribution in [-0.2, 0) is 6.18 Å². The number of rotatable bonds is 5. The van der Waals surface area contributed by atoms with Gasteiger partial charge in [0.15, 0.2) is 0 Å². The number of benzene rings is 1. The average molecular weight is 508 g/mol. The second kappa shape index (κ2) is 9.59. The van der Waals surface area contributed by atoms with Crippen LogP contribution >= 0.6 is 22.7 Å². The molecule has 1 aliphatic heterocycles. The van der Waals surface area contributed by atoms with E-state index in [1.165, 1.54) is 12.1 Å². The summed E-state index contributed by atoms with van der Waals surface area (Å²) in [6.07, 6.45) is -2.48. The van der Waals surface area contributed by atoms with Gasteiger partial charge >= 0.3 is 6.18 Å². The SMILES string of the molecule is C/C(=N\NC(=O)c1ccc(C(=O)N2CCCC2)s1)c1csc(-c2ccc(C(F)(F)F)cc2)c1O. The normalized spacial score (nSPS) is 14.5. The van der Waals surface area contributed by atoms with Crippen LogP contribution in [0.25, 0.3) is 10.4 Å². The van der Waals surface area contributed by atoms with Gasteiger partial charge in [0.05, 0.1) is 31.5 Å². The van der Waals surface area contributed by atoms with Gasteiger partial charge in [0, 0.05) is 18.5 Å². The summed E-state index contributed by atoms with van der Waals surface area (Å²) >= 11 is 2.25. The zero-order valence-corrected chi connectivity index (χ0v) is 19.6. The van der Waals surface area contributed by atoms with E-state index in [1.54, 1.807) is 29.3 Å². The molecule has 3 aromatic rings. The number of hydrazone groups is 1. The molecular weight excluding hydrogens is 487 g/mol. The largest absolute Gasteiger partial charge is 0.506 e. The van der Waals surface area contributed by atoms with Gasteiger partial charge in [-0.05, 0) is 49.6 Å². The van der Waals surface area contributed by atoms with Crippen molar-refractivity contribution in [2.45, 2.75) is 25.9 Å². The second-order valence-corrected chi connectivity index (χ2v) is 9.67. The first kappa shape index (κ1) is 24.0. The fraction of sp³-hybridized carbons (Fsp3) is 0.261. The van der Waals surface area contributed by atoms with Gasteiger partial charge in [-0.1, -0.05) is 12.1 Å². The molecule has 1 aromatic carbocycles. The highest BCUT2D eigenvalue weighted by Crippen LogP contribution is 2.40. The number of likely N-dealkylation sites (tertiary alicyclic amines) is 1. The number of alkyl halides is 3. The van der Waals surface area contributed by atoms with Crippen molar-refractivity contribution < 1.29 is 27.9 Å². The van der Waals surface area contributed by atoms with Gasteiger partial charge in [-0.3, -0.25) is 9.59 Å². The molecule has 3 heterocycles. The zero-order chi connectivity index (χ0) is 24.5. The molecule has 2 N–H and O–H groups in total. The maximum absolute atomic E-state index is 12.8. The predicted octanol–water partition coefficient (Wildman–Crippen LogP) is 5.59. The molecule has 0 unspecified atom stereocenters. The Balaban J connectivity index is 1.44. The number of carbonyl (C=O) groups is 2. The lowest BCUT2D eigenvalue weighted by molar-refractivity contribution is -0.137. The number of nitrogens with one attached hydrogen (secondary N) is 1. The third kappa shape index (κ3) is 5.00. The van der Waals surface area contributed by atoms with Crippen LogP contribution in [0, 0.1) is 0 Å². The van der Waals surface area contributed by atoms with Gasteiger partial charge in [0.2, 0.25) is 0 Å². The summed E-state index contributed by atoms with van der Waals surface area (Å²) < 4.78 is 38.3. The van der Waals surface area contributed by atoms with Crippen molar-refractivity contribution in [3.05, 3.63) is 62.7 Å². The number of hydrogen-bond acceptors (Lipinski definition) is 6. The van der Waals surface area contributed by atoms with Crippen LogP contribution in [0.5, 0.6) is 5.75 Å². The molecule has 11 heteroatoms. The standard InChI is InChI=1S/C23H20F3N3O3S2/c1-13(16-12-33-20(19(16)30)14-4-6-15(7-5-14)23(24,25)26)27-28-21(31)17-8-9-18(34-17)22(32)29-10-2-3-11-29/h4-9,12,30H,2-3,10-11H2,1H3,(H,28,31)/b27-13+. The molecule has 0 bridgehead atoms. The molecule has 0 radical (unpaired) electrons. The first-order valence-electron chi connectivity index (χ1n) is 10.4. The van der Waals surface area contributed by atoms with Gasteiger partial charge < -0.3 is 10.0 Å². The van der Waals surface area contributed by atoms with Gasteiger partial charge in [-0.2, -0.15) is 18.3 Å². The number of thiophene rings is 2. The third-order valence-electron chi connectivity index (χ3n) is 5.39. The van der Waals surface area contributed by atoms with E-state index in [0.717, 1.165) is 60.7 Å². The van der Waals surface area contributed by atoms with Crippen LogP contribution in [0.3, 0.4) is 0 Å². The van der Waals surface area contributed by atoms with Crippen LogP contribution in [0.4, 0.5) is 13.2 Å². The minimum atomic E-state index is -4.44. The minimum Gasteiger partial charge on any atom is -0.506 e. The van der Waals surface area contributed by atoms with Crippen molar-refractivity contribution in [1.82, 2.24) is 10.3 Å². The maximum atomic E-state index is 12.8. The number of halogens is 3. The van der Waals surface area contributed by atoms with Crippen LogP contribution in [0.15, 0.2) is 46.9 Å². The van der Waals surface area contributed by atoms with Gasteiger partial charge in [0.25, 0.3) is 11.8 Å². The summed E-state index contributed by atoms with van der Waals surface area (Å²) in [7, 11) is 0. The minimum absolute atomic E-state index is 0.0831. The van der Waals surface area contributed by atoms with Crippen LogP contribution < -0.4 is 5.43 Å². The van der Waals surface area contributed by atoms with Crippen LogP contribution in [0.2, 0.25) is 0 Å². The molecule has 2 amide bonds. The molecule has 0 saturated carbocycles.